The zero-order valence-electron chi connectivity index (χ0n) is 17.4. The molecule has 3 fully saturated rings. The molecule has 0 unspecified atom stereocenters. The zero-order chi connectivity index (χ0) is 22.9. The van der Waals surface area contributed by atoms with Crippen LogP contribution in [-0.2, 0) is 9.53 Å². The number of likely N-dealkylation sites (tertiary alicyclic amines) is 1. The van der Waals surface area contributed by atoms with Crippen LogP contribution in [0, 0.1) is 18.8 Å². The van der Waals surface area contributed by atoms with E-state index in [0.717, 1.165) is 12.8 Å². The van der Waals surface area contributed by atoms with Crippen LogP contribution < -0.4 is 5.32 Å². The van der Waals surface area contributed by atoms with Crippen molar-refractivity contribution in [3.05, 3.63) is 41.5 Å². The van der Waals surface area contributed by atoms with Gasteiger partial charge in [0.1, 0.15) is 11.5 Å². The number of nitrogens with zero attached hydrogens (tertiary/aromatic N) is 3. The molecule has 170 valence electrons. The lowest BCUT2D eigenvalue weighted by Gasteiger charge is -2.29. The summed E-state index contributed by atoms with van der Waals surface area (Å²) in [5.41, 5.74) is -0.0512. The van der Waals surface area contributed by atoms with E-state index in [2.05, 4.69) is 15.5 Å². The van der Waals surface area contributed by atoms with Gasteiger partial charge in [-0.05, 0) is 31.9 Å². The van der Waals surface area contributed by atoms with E-state index in [0.29, 0.717) is 25.4 Å². The number of carbonyl (C=O) groups is 3. The molecule has 3 aliphatic rings. The summed E-state index contributed by atoms with van der Waals surface area (Å²) in [7, 11) is 0. The van der Waals surface area contributed by atoms with Gasteiger partial charge in [-0.25, -0.2) is 4.98 Å². The van der Waals surface area contributed by atoms with Crippen LogP contribution in [0.15, 0.2) is 28.9 Å². The van der Waals surface area contributed by atoms with Crippen molar-refractivity contribution < 1.29 is 33.9 Å². The van der Waals surface area contributed by atoms with E-state index in [-0.39, 0.29) is 59.0 Å². The van der Waals surface area contributed by atoms with Gasteiger partial charge in [0.25, 0.3) is 18.3 Å². The highest BCUT2D eigenvalue weighted by molar-refractivity contribution is 5.95. The van der Waals surface area contributed by atoms with Crippen molar-refractivity contribution in [1.29, 1.82) is 0 Å². The summed E-state index contributed by atoms with van der Waals surface area (Å²) < 4.78 is 11.3. The summed E-state index contributed by atoms with van der Waals surface area (Å²) in [5.74, 6) is 0.151. The minimum atomic E-state index is -0.370. The van der Waals surface area contributed by atoms with E-state index in [4.69, 9.17) is 19.2 Å². The molecule has 2 aromatic heterocycles. The van der Waals surface area contributed by atoms with E-state index >= 15 is 0 Å². The Morgan fingerprint density at radius 1 is 1.44 bits per heavy atom. The Bertz CT molecular complexity index is 1030. The monoisotopic (exact) mass is 444 g/mol. The van der Waals surface area contributed by atoms with Gasteiger partial charge in [0.05, 0.1) is 18.2 Å². The standard InChI is InChI=1S/C20H22N4O5.CH2O2/c1-11-7-14(23-29-11)18(26)22-8-12-13-9-24(10-20(13)5-4-16(12)28-20)19(27)17-15(25)3-2-6-21-17;2-1-3/h2-3,6-7,12-13,16,25H,4-5,8-10H2,1H3,(H,22,26);1H,(H,2,3)/t12-,13+,16+,20+;/m0./s1. The van der Waals surface area contributed by atoms with E-state index in [1.165, 1.54) is 12.3 Å². The number of rotatable bonds is 4. The topological polar surface area (TPSA) is 155 Å². The van der Waals surface area contributed by atoms with Crippen molar-refractivity contribution in [2.24, 2.45) is 11.8 Å². The molecule has 2 aromatic rings. The summed E-state index contributed by atoms with van der Waals surface area (Å²) >= 11 is 0. The van der Waals surface area contributed by atoms with E-state index in [9.17, 15) is 14.7 Å². The number of pyridine rings is 1. The second kappa shape index (κ2) is 8.58. The van der Waals surface area contributed by atoms with Crippen LogP contribution in [0.2, 0.25) is 0 Å². The molecular weight excluding hydrogens is 420 g/mol. The largest absolute Gasteiger partial charge is 0.505 e. The van der Waals surface area contributed by atoms with Gasteiger partial charge in [-0.3, -0.25) is 14.4 Å². The van der Waals surface area contributed by atoms with Crippen LogP contribution in [0.5, 0.6) is 5.75 Å². The molecule has 3 aliphatic heterocycles. The molecular formula is C21H24N4O7. The van der Waals surface area contributed by atoms with Gasteiger partial charge >= 0.3 is 0 Å². The van der Waals surface area contributed by atoms with Gasteiger partial charge in [-0.1, -0.05) is 5.16 Å². The Morgan fingerprint density at radius 3 is 2.91 bits per heavy atom. The molecule has 11 heteroatoms. The van der Waals surface area contributed by atoms with Crippen LogP contribution in [0.1, 0.15) is 39.6 Å². The van der Waals surface area contributed by atoms with Gasteiger partial charge in [-0.2, -0.15) is 0 Å². The summed E-state index contributed by atoms with van der Waals surface area (Å²) in [5, 5.41) is 23.6. The Morgan fingerprint density at radius 2 is 2.22 bits per heavy atom. The quantitative estimate of drug-likeness (QED) is 0.582. The van der Waals surface area contributed by atoms with E-state index < -0.39 is 0 Å². The van der Waals surface area contributed by atoms with Crippen molar-refractivity contribution in [3.8, 4) is 5.75 Å². The number of carbonyl (C=O) groups excluding carboxylic acids is 2. The lowest BCUT2D eigenvalue weighted by molar-refractivity contribution is -0.122. The van der Waals surface area contributed by atoms with Gasteiger partial charge < -0.3 is 29.7 Å². The fourth-order valence-corrected chi connectivity index (χ4v) is 5.10. The van der Waals surface area contributed by atoms with Gasteiger partial charge in [-0.15, -0.1) is 0 Å². The molecule has 11 nitrogen and oxygen atoms in total. The van der Waals surface area contributed by atoms with Crippen molar-refractivity contribution in [2.45, 2.75) is 31.5 Å². The molecule has 5 rings (SSSR count). The maximum absolute atomic E-state index is 12.9. The number of aromatic hydroxyl groups is 1. The lowest BCUT2D eigenvalue weighted by atomic mass is 9.73. The number of aromatic nitrogens is 2. The Kier molecular flexibility index (Phi) is 5.83. The average Bonchev–Trinajstić information content (AvgIpc) is 3.53. The third-order valence-corrected chi connectivity index (χ3v) is 6.42. The molecule has 32 heavy (non-hydrogen) atoms. The Balaban J connectivity index is 0.000000775. The number of nitrogens with one attached hydrogen (secondary N) is 1. The highest BCUT2D eigenvalue weighted by atomic mass is 16.5. The number of carboxylic acid groups (broad SMARTS) is 1. The molecule has 2 bridgehead atoms. The molecule has 0 radical (unpaired) electrons. The molecule has 1 spiro atoms. The SMILES string of the molecule is Cc1cc(C(=O)NC[C@H]2[C@H]3CN(C(=O)c4ncccc4O)C[C@]34CC[C@H]2O4)no1.O=CO. The van der Waals surface area contributed by atoms with Crippen LogP contribution in [-0.4, -0.2) is 74.9 Å². The van der Waals surface area contributed by atoms with Crippen molar-refractivity contribution in [3.63, 3.8) is 0 Å². The first-order valence-electron chi connectivity index (χ1n) is 10.3. The summed E-state index contributed by atoms with van der Waals surface area (Å²) in [6, 6.07) is 4.65. The fourth-order valence-electron chi connectivity index (χ4n) is 5.10. The first-order chi connectivity index (χ1) is 15.4. The minimum absolute atomic E-state index is 0.0599. The van der Waals surface area contributed by atoms with Crippen LogP contribution >= 0.6 is 0 Å². The predicted octanol–water partition coefficient (Wildman–Crippen LogP) is 0.834. The Labute approximate surface area is 183 Å². The van der Waals surface area contributed by atoms with Crippen molar-refractivity contribution in [2.75, 3.05) is 19.6 Å². The highest BCUT2D eigenvalue weighted by Crippen LogP contribution is 2.54. The second-order valence-electron chi connectivity index (χ2n) is 8.23. The number of amides is 2. The molecule has 2 amide bonds. The molecule has 5 heterocycles. The number of hydrogen-bond acceptors (Lipinski definition) is 8. The van der Waals surface area contributed by atoms with Crippen molar-refractivity contribution in [1.82, 2.24) is 20.4 Å². The lowest BCUT2D eigenvalue weighted by Crippen LogP contribution is -2.42. The third-order valence-electron chi connectivity index (χ3n) is 6.42. The maximum Gasteiger partial charge on any atom is 0.290 e. The molecule has 4 atom stereocenters. The summed E-state index contributed by atoms with van der Waals surface area (Å²) in [6.07, 6.45) is 3.39. The van der Waals surface area contributed by atoms with Crippen LogP contribution in [0.25, 0.3) is 0 Å². The van der Waals surface area contributed by atoms with Gasteiger partial charge in [0.15, 0.2) is 11.4 Å². The number of aryl methyl sites for hydroxylation is 1. The second-order valence-corrected chi connectivity index (χ2v) is 8.23. The molecule has 0 saturated carbocycles. The average molecular weight is 444 g/mol. The first kappa shape index (κ1) is 21.8. The zero-order valence-corrected chi connectivity index (χ0v) is 17.4. The molecule has 3 saturated heterocycles. The van der Waals surface area contributed by atoms with Crippen molar-refractivity contribution >= 4 is 18.3 Å². The fraction of sp³-hybridized carbons (Fsp3) is 0.476. The number of fused-ring (bicyclic) bond motifs is 1. The van der Waals surface area contributed by atoms with Crippen LogP contribution in [0.3, 0.4) is 0 Å². The maximum atomic E-state index is 12.9. The predicted molar refractivity (Wildman–Crippen MR) is 108 cm³/mol. The first-order valence-corrected chi connectivity index (χ1v) is 10.3. The normalized spacial score (nSPS) is 27.4. The Hall–Kier alpha value is -3.47. The smallest absolute Gasteiger partial charge is 0.290 e. The molecule has 0 aromatic carbocycles. The number of hydrogen-bond donors (Lipinski definition) is 3. The molecule has 3 N–H and O–H groups in total. The summed E-state index contributed by atoms with van der Waals surface area (Å²) in [6.45, 7) is 2.95. The summed E-state index contributed by atoms with van der Waals surface area (Å²) in [4.78, 5) is 39.3. The molecule has 0 aliphatic carbocycles. The highest BCUT2D eigenvalue weighted by Gasteiger charge is 2.63. The van der Waals surface area contributed by atoms with Crippen LogP contribution in [0.4, 0.5) is 0 Å². The number of ether oxygens (including phenoxy) is 1. The van der Waals surface area contributed by atoms with Gasteiger partial charge in [0.2, 0.25) is 0 Å². The van der Waals surface area contributed by atoms with Gasteiger partial charge in [0, 0.05) is 37.2 Å². The third kappa shape index (κ3) is 3.79. The van der Waals surface area contributed by atoms with E-state index in [1.54, 1.807) is 24.0 Å². The van der Waals surface area contributed by atoms with E-state index in [1.807, 2.05) is 0 Å². The minimum Gasteiger partial charge on any atom is -0.505 e.